The molecule has 1 atom stereocenters. The summed E-state index contributed by atoms with van der Waals surface area (Å²) in [7, 11) is -3.96. The summed E-state index contributed by atoms with van der Waals surface area (Å²) in [6.07, 6.45) is -0.693. The maximum Gasteiger partial charge on any atom is 0.347 e. The molecule has 1 aliphatic heterocycles. The molecule has 0 saturated carbocycles. The monoisotopic (exact) mass is 409 g/mol. The van der Waals surface area contributed by atoms with E-state index in [2.05, 4.69) is 4.72 Å². The van der Waals surface area contributed by atoms with Crippen LogP contribution in [-0.4, -0.2) is 33.1 Å². The minimum absolute atomic E-state index is 0.0202. The molecule has 0 spiro atoms. The molecule has 27 heavy (non-hydrogen) atoms. The molecule has 1 saturated heterocycles. The van der Waals surface area contributed by atoms with Crippen LogP contribution in [-0.2, 0) is 24.3 Å². The molecule has 1 N–H and O–H groups in total. The average Bonchev–Trinajstić information content (AvgIpc) is 2.99. The summed E-state index contributed by atoms with van der Waals surface area (Å²) < 4.78 is 37.7. The van der Waals surface area contributed by atoms with Crippen LogP contribution >= 0.6 is 11.6 Å². The number of carbonyl (C=O) groups excluding carboxylic acids is 2. The Labute approximate surface area is 161 Å². The third-order valence-corrected chi connectivity index (χ3v) is 5.69. The van der Waals surface area contributed by atoms with E-state index in [1.165, 1.54) is 24.3 Å². The van der Waals surface area contributed by atoms with Gasteiger partial charge in [0.25, 0.3) is 10.0 Å². The number of anilines is 1. The Kier molecular flexibility index (Phi) is 5.38. The Balaban J connectivity index is 1.86. The highest BCUT2D eigenvalue weighted by Gasteiger charge is 2.31. The Morgan fingerprint density at radius 1 is 1.26 bits per heavy atom. The molecular formula is C18H16ClNO6S. The van der Waals surface area contributed by atoms with E-state index < -0.39 is 28.1 Å². The van der Waals surface area contributed by atoms with Crippen molar-refractivity contribution in [2.45, 2.75) is 24.3 Å². The second kappa shape index (κ2) is 7.58. The first kappa shape index (κ1) is 19.2. The van der Waals surface area contributed by atoms with E-state index >= 15 is 0 Å². The number of cyclic esters (lactones) is 1. The van der Waals surface area contributed by atoms with Gasteiger partial charge in [0, 0.05) is 11.4 Å². The van der Waals surface area contributed by atoms with E-state index in [0.717, 1.165) is 0 Å². The van der Waals surface area contributed by atoms with Gasteiger partial charge in [0.2, 0.25) is 6.10 Å². The Morgan fingerprint density at radius 3 is 2.70 bits per heavy atom. The number of hydrogen-bond donors (Lipinski definition) is 1. The zero-order valence-electron chi connectivity index (χ0n) is 14.3. The molecule has 1 aliphatic rings. The standard InChI is InChI=1S/C18H16ClNO6S/c1-11-5-6-12(17(21)26-15-7-8-25-18(15)22)9-16(11)27(23,24)20-14-4-2-3-13(19)10-14/h2-6,9-10,15,20H,7-8H2,1H3/t15-/m0/s1. The maximum atomic E-state index is 12.7. The summed E-state index contributed by atoms with van der Waals surface area (Å²) >= 11 is 5.88. The number of hydrogen-bond acceptors (Lipinski definition) is 6. The Morgan fingerprint density at radius 2 is 2.04 bits per heavy atom. The summed E-state index contributed by atoms with van der Waals surface area (Å²) in [4.78, 5) is 23.6. The first-order valence-corrected chi connectivity index (χ1v) is 9.89. The van der Waals surface area contributed by atoms with Crippen molar-refractivity contribution in [2.24, 2.45) is 0 Å². The van der Waals surface area contributed by atoms with E-state index in [1.54, 1.807) is 25.1 Å². The predicted molar refractivity (Wildman–Crippen MR) is 98.2 cm³/mol. The zero-order valence-corrected chi connectivity index (χ0v) is 15.8. The molecule has 3 rings (SSSR count). The highest BCUT2D eigenvalue weighted by atomic mass is 35.5. The first-order valence-electron chi connectivity index (χ1n) is 8.03. The summed E-state index contributed by atoms with van der Waals surface area (Å²) in [5.41, 5.74) is 0.761. The molecule has 0 unspecified atom stereocenters. The minimum atomic E-state index is -3.96. The number of carbonyl (C=O) groups is 2. The smallest absolute Gasteiger partial charge is 0.347 e. The number of ether oxygens (including phenoxy) is 2. The van der Waals surface area contributed by atoms with Crippen molar-refractivity contribution in [3.05, 3.63) is 58.6 Å². The van der Waals surface area contributed by atoms with Gasteiger partial charge >= 0.3 is 11.9 Å². The van der Waals surface area contributed by atoms with Crippen LogP contribution in [0.1, 0.15) is 22.3 Å². The lowest BCUT2D eigenvalue weighted by atomic mass is 10.1. The van der Waals surface area contributed by atoms with Crippen LogP contribution in [0.25, 0.3) is 0 Å². The van der Waals surface area contributed by atoms with Gasteiger partial charge in [0.05, 0.1) is 22.8 Å². The van der Waals surface area contributed by atoms with E-state index in [-0.39, 0.29) is 23.5 Å². The summed E-state index contributed by atoms with van der Waals surface area (Å²) in [6, 6.07) is 10.4. The lowest BCUT2D eigenvalue weighted by Gasteiger charge is -2.13. The number of benzene rings is 2. The summed E-state index contributed by atoms with van der Waals surface area (Å²) in [5.74, 6) is -1.40. The van der Waals surface area contributed by atoms with Gasteiger partial charge in [-0.05, 0) is 42.8 Å². The van der Waals surface area contributed by atoms with Crippen molar-refractivity contribution < 1.29 is 27.5 Å². The van der Waals surface area contributed by atoms with Gasteiger partial charge in [-0.2, -0.15) is 0 Å². The Bertz CT molecular complexity index is 1000. The highest BCUT2D eigenvalue weighted by molar-refractivity contribution is 7.92. The molecule has 0 amide bonds. The van der Waals surface area contributed by atoms with Crippen LogP contribution < -0.4 is 4.72 Å². The predicted octanol–water partition coefficient (Wildman–Crippen LogP) is 2.92. The van der Waals surface area contributed by atoms with Crippen LogP contribution in [0.5, 0.6) is 0 Å². The largest absolute Gasteiger partial charge is 0.463 e. The quantitative estimate of drug-likeness (QED) is 0.762. The molecule has 7 nitrogen and oxygen atoms in total. The van der Waals surface area contributed by atoms with E-state index in [4.69, 9.17) is 21.1 Å². The van der Waals surface area contributed by atoms with Gasteiger partial charge in [-0.3, -0.25) is 4.72 Å². The van der Waals surface area contributed by atoms with Crippen LogP contribution in [0.2, 0.25) is 5.02 Å². The van der Waals surface area contributed by atoms with Crippen LogP contribution in [0.3, 0.4) is 0 Å². The van der Waals surface area contributed by atoms with E-state index in [1.807, 2.05) is 0 Å². The number of esters is 2. The third-order valence-electron chi connectivity index (χ3n) is 3.93. The van der Waals surface area contributed by atoms with Gasteiger partial charge in [0.15, 0.2) is 0 Å². The van der Waals surface area contributed by atoms with Crippen molar-refractivity contribution in [3.63, 3.8) is 0 Å². The van der Waals surface area contributed by atoms with Gasteiger partial charge < -0.3 is 9.47 Å². The third kappa shape index (κ3) is 4.40. The SMILES string of the molecule is Cc1ccc(C(=O)O[C@H]2CCOC2=O)cc1S(=O)(=O)Nc1cccc(Cl)c1. The summed E-state index contributed by atoms with van der Waals surface area (Å²) in [6.45, 7) is 1.80. The number of sulfonamides is 1. The fraction of sp³-hybridized carbons (Fsp3) is 0.222. The van der Waals surface area contributed by atoms with Crippen LogP contribution in [0, 0.1) is 6.92 Å². The van der Waals surface area contributed by atoms with Crippen molar-refractivity contribution in [2.75, 3.05) is 11.3 Å². The molecule has 0 aromatic heterocycles. The average molecular weight is 410 g/mol. The second-order valence-corrected chi connectivity index (χ2v) is 8.03. The normalized spacial score (nSPS) is 16.7. The molecule has 0 radical (unpaired) electrons. The lowest BCUT2D eigenvalue weighted by molar-refractivity contribution is -0.145. The molecule has 1 heterocycles. The molecular weight excluding hydrogens is 394 g/mol. The first-order chi connectivity index (χ1) is 12.8. The molecule has 0 bridgehead atoms. The zero-order chi connectivity index (χ0) is 19.6. The molecule has 142 valence electrons. The van der Waals surface area contributed by atoms with E-state index in [0.29, 0.717) is 16.3 Å². The fourth-order valence-electron chi connectivity index (χ4n) is 2.56. The van der Waals surface area contributed by atoms with Gasteiger partial charge in [-0.1, -0.05) is 23.7 Å². The van der Waals surface area contributed by atoms with Crippen LogP contribution in [0.4, 0.5) is 5.69 Å². The molecule has 2 aromatic rings. The van der Waals surface area contributed by atoms with Gasteiger partial charge in [-0.15, -0.1) is 0 Å². The maximum absolute atomic E-state index is 12.7. The second-order valence-electron chi connectivity index (χ2n) is 5.95. The number of halogens is 1. The number of nitrogens with one attached hydrogen (secondary N) is 1. The molecule has 1 fully saturated rings. The number of aryl methyl sites for hydroxylation is 1. The van der Waals surface area contributed by atoms with Crippen molar-refractivity contribution in [1.82, 2.24) is 0 Å². The van der Waals surface area contributed by atoms with Crippen molar-refractivity contribution >= 4 is 39.3 Å². The van der Waals surface area contributed by atoms with Crippen molar-refractivity contribution in [1.29, 1.82) is 0 Å². The van der Waals surface area contributed by atoms with Crippen molar-refractivity contribution in [3.8, 4) is 0 Å². The minimum Gasteiger partial charge on any atom is -0.463 e. The number of rotatable bonds is 5. The van der Waals surface area contributed by atoms with E-state index in [9.17, 15) is 18.0 Å². The topological polar surface area (TPSA) is 98.8 Å². The van der Waals surface area contributed by atoms with Gasteiger partial charge in [-0.25, -0.2) is 18.0 Å². The summed E-state index contributed by atoms with van der Waals surface area (Å²) in [5, 5.41) is 0.382. The Hall–Kier alpha value is -2.58. The lowest BCUT2D eigenvalue weighted by Crippen LogP contribution is -2.23. The molecule has 0 aliphatic carbocycles. The van der Waals surface area contributed by atoms with Gasteiger partial charge in [0.1, 0.15) is 0 Å². The molecule has 9 heteroatoms. The van der Waals surface area contributed by atoms with Crippen LogP contribution in [0.15, 0.2) is 47.4 Å². The fourth-order valence-corrected chi connectivity index (χ4v) is 4.07. The highest BCUT2D eigenvalue weighted by Crippen LogP contribution is 2.23. The molecule has 2 aromatic carbocycles.